The van der Waals surface area contributed by atoms with Crippen molar-refractivity contribution >= 4 is 17.5 Å². The molecule has 1 aromatic heterocycles. The molecule has 2 heterocycles. The number of hydrogen-bond donors (Lipinski definition) is 0. The van der Waals surface area contributed by atoms with Crippen LogP contribution < -0.4 is 4.74 Å². The largest absolute Gasteiger partial charge is 0.496 e. The van der Waals surface area contributed by atoms with Gasteiger partial charge in [-0.2, -0.15) is 0 Å². The zero-order chi connectivity index (χ0) is 20.2. The standard InChI is InChI=1S/C23H23ClN2O3/c1-28-21-10-3-2-7-17(21)14-22(27)26-11-5-9-20(26)23-25-15-19(29-23)13-16-6-4-8-18(24)12-16/h2-4,6-8,10,12,15,20H,5,9,11,13-14H2,1H3. The Morgan fingerprint density at radius 3 is 2.97 bits per heavy atom. The molecule has 0 radical (unpaired) electrons. The average Bonchev–Trinajstić information content (AvgIpc) is 3.37. The maximum atomic E-state index is 13.0. The molecule has 0 spiro atoms. The van der Waals surface area contributed by atoms with Gasteiger partial charge in [-0.1, -0.05) is 41.9 Å². The minimum absolute atomic E-state index is 0.0617. The molecule has 0 aliphatic carbocycles. The number of benzene rings is 2. The van der Waals surface area contributed by atoms with E-state index in [1.807, 2.05) is 53.4 Å². The van der Waals surface area contributed by atoms with E-state index in [9.17, 15) is 4.79 Å². The van der Waals surface area contributed by atoms with Crippen LogP contribution in [0.1, 0.15) is 41.7 Å². The molecule has 1 unspecified atom stereocenters. The van der Waals surface area contributed by atoms with E-state index in [0.29, 0.717) is 30.3 Å². The highest BCUT2D eigenvalue weighted by molar-refractivity contribution is 6.30. The summed E-state index contributed by atoms with van der Waals surface area (Å²) in [5, 5.41) is 0.700. The van der Waals surface area contributed by atoms with Crippen LogP contribution in [0.4, 0.5) is 0 Å². The summed E-state index contributed by atoms with van der Waals surface area (Å²) in [5.74, 6) is 2.17. The molecule has 1 aliphatic rings. The Kier molecular flexibility index (Phi) is 5.86. The second kappa shape index (κ2) is 8.70. The normalized spacial score (nSPS) is 16.2. The Balaban J connectivity index is 1.47. The maximum absolute atomic E-state index is 13.0. The van der Waals surface area contributed by atoms with E-state index in [2.05, 4.69) is 4.98 Å². The number of para-hydroxylation sites is 1. The van der Waals surface area contributed by atoms with Gasteiger partial charge >= 0.3 is 0 Å². The van der Waals surface area contributed by atoms with Crippen molar-refractivity contribution in [3.63, 3.8) is 0 Å². The molecular formula is C23H23ClN2O3. The quantitative estimate of drug-likeness (QED) is 0.583. The highest BCUT2D eigenvalue weighted by Crippen LogP contribution is 2.33. The van der Waals surface area contributed by atoms with Gasteiger partial charge in [-0.05, 0) is 36.6 Å². The zero-order valence-corrected chi connectivity index (χ0v) is 17.1. The SMILES string of the molecule is COc1ccccc1CC(=O)N1CCCC1c1ncc(Cc2cccc(Cl)c2)o1. The number of amides is 1. The van der Waals surface area contributed by atoms with Crippen LogP contribution in [-0.2, 0) is 17.6 Å². The van der Waals surface area contributed by atoms with Gasteiger partial charge in [-0.15, -0.1) is 0 Å². The molecule has 0 bridgehead atoms. The second-order valence-electron chi connectivity index (χ2n) is 7.21. The monoisotopic (exact) mass is 410 g/mol. The molecule has 1 aliphatic heterocycles. The predicted octanol–water partition coefficient (Wildman–Crippen LogP) is 4.83. The summed E-state index contributed by atoms with van der Waals surface area (Å²) in [6.07, 6.45) is 4.46. The van der Waals surface area contributed by atoms with Gasteiger partial charge in [0.2, 0.25) is 11.8 Å². The molecule has 5 nitrogen and oxygen atoms in total. The van der Waals surface area contributed by atoms with Crippen molar-refractivity contribution in [3.05, 3.63) is 82.5 Å². The molecule has 2 aromatic carbocycles. The van der Waals surface area contributed by atoms with Crippen molar-refractivity contribution in [2.24, 2.45) is 0 Å². The molecule has 0 N–H and O–H groups in total. The first-order chi connectivity index (χ1) is 14.1. The van der Waals surface area contributed by atoms with Crippen LogP contribution in [0.15, 0.2) is 59.1 Å². The number of likely N-dealkylation sites (tertiary alicyclic amines) is 1. The van der Waals surface area contributed by atoms with E-state index < -0.39 is 0 Å². The van der Waals surface area contributed by atoms with Crippen LogP contribution in [0.25, 0.3) is 0 Å². The highest BCUT2D eigenvalue weighted by Gasteiger charge is 2.33. The number of nitrogens with zero attached hydrogens (tertiary/aromatic N) is 2. The highest BCUT2D eigenvalue weighted by atomic mass is 35.5. The van der Waals surface area contributed by atoms with E-state index >= 15 is 0 Å². The maximum Gasteiger partial charge on any atom is 0.227 e. The molecule has 3 aromatic rings. The van der Waals surface area contributed by atoms with Crippen LogP contribution >= 0.6 is 11.6 Å². The van der Waals surface area contributed by atoms with Crippen molar-refractivity contribution in [1.82, 2.24) is 9.88 Å². The van der Waals surface area contributed by atoms with Gasteiger partial charge < -0.3 is 14.1 Å². The fourth-order valence-electron chi connectivity index (χ4n) is 3.84. The lowest BCUT2D eigenvalue weighted by molar-refractivity contribution is -0.131. The number of hydrogen-bond acceptors (Lipinski definition) is 4. The van der Waals surface area contributed by atoms with E-state index in [1.54, 1.807) is 13.3 Å². The Bertz CT molecular complexity index is 1000. The Morgan fingerprint density at radius 1 is 1.28 bits per heavy atom. The first kappa shape index (κ1) is 19.5. The van der Waals surface area contributed by atoms with Crippen LogP contribution in [0.2, 0.25) is 5.02 Å². The third-order valence-electron chi connectivity index (χ3n) is 5.23. The summed E-state index contributed by atoms with van der Waals surface area (Å²) < 4.78 is 11.4. The van der Waals surface area contributed by atoms with Crippen LogP contribution in [0.3, 0.4) is 0 Å². The summed E-state index contributed by atoms with van der Waals surface area (Å²) in [6, 6.07) is 15.2. The van der Waals surface area contributed by atoms with Crippen molar-refractivity contribution in [1.29, 1.82) is 0 Å². The van der Waals surface area contributed by atoms with Gasteiger partial charge in [0.15, 0.2) is 0 Å². The summed E-state index contributed by atoms with van der Waals surface area (Å²) in [4.78, 5) is 19.3. The van der Waals surface area contributed by atoms with E-state index in [4.69, 9.17) is 20.8 Å². The predicted molar refractivity (Wildman–Crippen MR) is 111 cm³/mol. The van der Waals surface area contributed by atoms with Gasteiger partial charge in [-0.25, -0.2) is 4.98 Å². The van der Waals surface area contributed by atoms with Crippen molar-refractivity contribution in [3.8, 4) is 5.75 Å². The minimum Gasteiger partial charge on any atom is -0.496 e. The number of oxazole rings is 1. The fourth-order valence-corrected chi connectivity index (χ4v) is 4.05. The molecule has 4 rings (SSSR count). The Hall–Kier alpha value is -2.79. The third-order valence-corrected chi connectivity index (χ3v) is 5.47. The van der Waals surface area contributed by atoms with Crippen LogP contribution in [0, 0.1) is 0 Å². The number of carbonyl (C=O) groups is 1. The van der Waals surface area contributed by atoms with E-state index in [1.165, 1.54) is 0 Å². The minimum atomic E-state index is -0.120. The summed E-state index contributed by atoms with van der Waals surface area (Å²) >= 11 is 6.06. The summed E-state index contributed by atoms with van der Waals surface area (Å²) in [6.45, 7) is 0.713. The van der Waals surface area contributed by atoms with Gasteiger partial charge in [0.05, 0.1) is 19.7 Å². The molecule has 1 atom stereocenters. The lowest BCUT2D eigenvalue weighted by Crippen LogP contribution is -2.32. The second-order valence-corrected chi connectivity index (χ2v) is 7.64. The number of ether oxygens (including phenoxy) is 1. The molecule has 6 heteroatoms. The Morgan fingerprint density at radius 2 is 2.14 bits per heavy atom. The topological polar surface area (TPSA) is 55.6 Å². The number of aromatic nitrogens is 1. The van der Waals surface area contributed by atoms with Crippen LogP contribution in [0.5, 0.6) is 5.75 Å². The lowest BCUT2D eigenvalue weighted by Gasteiger charge is -2.22. The smallest absolute Gasteiger partial charge is 0.227 e. The summed E-state index contributed by atoms with van der Waals surface area (Å²) in [7, 11) is 1.62. The lowest BCUT2D eigenvalue weighted by atomic mass is 10.1. The molecule has 0 saturated carbocycles. The van der Waals surface area contributed by atoms with Crippen LogP contribution in [-0.4, -0.2) is 29.4 Å². The third kappa shape index (κ3) is 4.46. The van der Waals surface area contributed by atoms with Crippen molar-refractivity contribution < 1.29 is 13.9 Å². The number of carbonyl (C=O) groups excluding carboxylic acids is 1. The molecule has 150 valence electrons. The average molecular weight is 411 g/mol. The number of rotatable bonds is 6. The van der Waals surface area contributed by atoms with Gasteiger partial charge in [-0.3, -0.25) is 4.79 Å². The van der Waals surface area contributed by atoms with E-state index in [-0.39, 0.29) is 11.9 Å². The van der Waals surface area contributed by atoms with Gasteiger partial charge in [0, 0.05) is 23.6 Å². The molecule has 1 saturated heterocycles. The zero-order valence-electron chi connectivity index (χ0n) is 16.3. The molecule has 1 fully saturated rings. The van der Waals surface area contributed by atoms with Gasteiger partial charge in [0.25, 0.3) is 0 Å². The molecule has 29 heavy (non-hydrogen) atoms. The van der Waals surface area contributed by atoms with Crippen molar-refractivity contribution in [2.75, 3.05) is 13.7 Å². The first-order valence-electron chi connectivity index (χ1n) is 9.74. The van der Waals surface area contributed by atoms with Gasteiger partial charge in [0.1, 0.15) is 17.6 Å². The molecule has 1 amide bonds. The van der Waals surface area contributed by atoms with Crippen molar-refractivity contribution in [2.45, 2.75) is 31.7 Å². The fraction of sp³-hybridized carbons (Fsp3) is 0.304. The number of methoxy groups -OCH3 is 1. The summed E-state index contributed by atoms with van der Waals surface area (Å²) in [5.41, 5.74) is 1.95. The Labute approximate surface area is 175 Å². The first-order valence-corrected chi connectivity index (χ1v) is 10.1. The number of halogens is 1. The molecular weight excluding hydrogens is 388 g/mol. The van der Waals surface area contributed by atoms with E-state index in [0.717, 1.165) is 35.5 Å².